The first-order chi connectivity index (χ1) is 10.9. The average Bonchev–Trinajstić information content (AvgIpc) is 2.54. The van der Waals surface area contributed by atoms with E-state index in [2.05, 4.69) is 0 Å². The number of carbonyl (C=O) groups excluding carboxylic acids is 1. The standard InChI is InChI=1S/C20H22O3/c1-13-11-15(3-5-18(13)22)20(9-7-17(21)8-10-20)16-4-6-19(23)14(2)12-16/h3-6,11-12,22-23H,7-10H2,1-2H3. The topological polar surface area (TPSA) is 57.5 Å². The van der Waals surface area contributed by atoms with E-state index >= 15 is 0 Å². The van der Waals surface area contributed by atoms with E-state index < -0.39 is 0 Å². The van der Waals surface area contributed by atoms with Crippen LogP contribution in [0.2, 0.25) is 0 Å². The second-order valence-corrected chi connectivity index (χ2v) is 6.62. The number of rotatable bonds is 2. The van der Waals surface area contributed by atoms with E-state index in [1.807, 2.05) is 38.1 Å². The summed E-state index contributed by atoms with van der Waals surface area (Å²) < 4.78 is 0. The van der Waals surface area contributed by atoms with E-state index in [1.54, 1.807) is 12.1 Å². The molecule has 0 aliphatic heterocycles. The molecule has 2 N–H and O–H groups in total. The molecule has 3 heteroatoms. The van der Waals surface area contributed by atoms with Gasteiger partial charge in [-0.3, -0.25) is 4.79 Å². The van der Waals surface area contributed by atoms with Crippen molar-refractivity contribution in [3.8, 4) is 11.5 Å². The number of benzene rings is 2. The van der Waals surface area contributed by atoms with E-state index in [4.69, 9.17) is 0 Å². The van der Waals surface area contributed by atoms with Gasteiger partial charge >= 0.3 is 0 Å². The Hall–Kier alpha value is -2.29. The first-order valence-electron chi connectivity index (χ1n) is 8.04. The fourth-order valence-corrected chi connectivity index (χ4v) is 3.61. The first kappa shape index (κ1) is 15.6. The number of carbonyl (C=O) groups is 1. The third-order valence-electron chi connectivity index (χ3n) is 5.16. The Labute approximate surface area is 136 Å². The van der Waals surface area contributed by atoms with Crippen molar-refractivity contribution in [3.63, 3.8) is 0 Å². The van der Waals surface area contributed by atoms with Gasteiger partial charge < -0.3 is 10.2 Å². The number of hydrogen-bond donors (Lipinski definition) is 2. The number of aryl methyl sites for hydroxylation is 2. The maximum atomic E-state index is 11.8. The number of Topliss-reactive ketones (excluding diaryl/α,β-unsaturated/α-hetero) is 1. The van der Waals surface area contributed by atoms with Gasteiger partial charge in [0, 0.05) is 18.3 Å². The third kappa shape index (κ3) is 2.72. The molecular formula is C20H22O3. The zero-order valence-electron chi connectivity index (χ0n) is 13.6. The Balaban J connectivity index is 2.15. The Bertz CT molecular complexity index is 698. The minimum atomic E-state index is -0.231. The van der Waals surface area contributed by atoms with Gasteiger partial charge in [0.1, 0.15) is 17.3 Å². The van der Waals surface area contributed by atoms with Crippen molar-refractivity contribution in [2.24, 2.45) is 0 Å². The largest absolute Gasteiger partial charge is 0.508 e. The lowest BCUT2D eigenvalue weighted by Crippen LogP contribution is -2.33. The molecule has 0 amide bonds. The van der Waals surface area contributed by atoms with Crippen molar-refractivity contribution >= 4 is 5.78 Å². The highest BCUT2D eigenvalue weighted by molar-refractivity contribution is 5.80. The van der Waals surface area contributed by atoms with Crippen LogP contribution in [0.15, 0.2) is 36.4 Å². The summed E-state index contributed by atoms with van der Waals surface area (Å²) in [6.07, 6.45) is 2.67. The molecule has 3 nitrogen and oxygen atoms in total. The Kier molecular flexibility index (Phi) is 3.88. The molecule has 0 radical (unpaired) electrons. The van der Waals surface area contributed by atoms with Gasteiger partial charge in [-0.2, -0.15) is 0 Å². The van der Waals surface area contributed by atoms with Crippen LogP contribution in [0.4, 0.5) is 0 Å². The number of aromatic hydroxyl groups is 2. The number of ketones is 1. The Morgan fingerprint density at radius 3 is 1.65 bits per heavy atom. The molecule has 3 rings (SSSR count). The van der Waals surface area contributed by atoms with Crippen LogP contribution in [0.5, 0.6) is 11.5 Å². The SMILES string of the molecule is Cc1cc(C2(c3ccc(O)c(C)c3)CCC(=O)CC2)ccc1O. The van der Waals surface area contributed by atoms with Gasteiger partial charge in [0.05, 0.1) is 0 Å². The van der Waals surface area contributed by atoms with E-state index in [9.17, 15) is 15.0 Å². The van der Waals surface area contributed by atoms with Gasteiger partial charge in [0.15, 0.2) is 0 Å². The van der Waals surface area contributed by atoms with Crippen molar-refractivity contribution < 1.29 is 15.0 Å². The normalized spacial score (nSPS) is 17.2. The van der Waals surface area contributed by atoms with Gasteiger partial charge in [0.2, 0.25) is 0 Å². The van der Waals surface area contributed by atoms with Gasteiger partial charge in [-0.1, -0.05) is 24.3 Å². The second kappa shape index (κ2) is 5.73. The molecule has 2 aromatic rings. The lowest BCUT2D eigenvalue weighted by molar-refractivity contribution is -0.121. The van der Waals surface area contributed by atoms with Crippen molar-refractivity contribution in [2.45, 2.75) is 44.9 Å². The van der Waals surface area contributed by atoms with Crippen LogP contribution in [0.1, 0.15) is 47.9 Å². The first-order valence-corrected chi connectivity index (χ1v) is 8.04. The van der Waals surface area contributed by atoms with Crippen LogP contribution in [0.3, 0.4) is 0 Å². The summed E-state index contributed by atoms with van der Waals surface area (Å²) in [5.74, 6) is 0.891. The molecule has 0 atom stereocenters. The highest BCUT2D eigenvalue weighted by Gasteiger charge is 2.38. The van der Waals surface area contributed by atoms with Gasteiger partial charge in [-0.05, 0) is 61.1 Å². The summed E-state index contributed by atoms with van der Waals surface area (Å²) in [6.45, 7) is 3.78. The molecule has 1 saturated carbocycles. The number of phenolic OH excluding ortho intramolecular Hbond substituents is 2. The van der Waals surface area contributed by atoms with Crippen molar-refractivity contribution in [1.82, 2.24) is 0 Å². The molecule has 1 aliphatic carbocycles. The van der Waals surface area contributed by atoms with Crippen LogP contribution in [-0.2, 0) is 10.2 Å². The number of phenols is 2. The zero-order chi connectivity index (χ0) is 16.6. The maximum absolute atomic E-state index is 11.8. The summed E-state index contributed by atoms with van der Waals surface area (Å²) >= 11 is 0. The molecule has 1 aliphatic rings. The zero-order valence-corrected chi connectivity index (χ0v) is 13.6. The highest BCUT2D eigenvalue weighted by Crippen LogP contribution is 2.45. The minimum Gasteiger partial charge on any atom is -0.508 e. The Morgan fingerprint density at radius 1 is 0.826 bits per heavy atom. The average molecular weight is 310 g/mol. The van der Waals surface area contributed by atoms with Gasteiger partial charge in [-0.25, -0.2) is 0 Å². The molecule has 0 aromatic heterocycles. The summed E-state index contributed by atoms with van der Waals surface area (Å²) in [5.41, 5.74) is 3.71. The monoisotopic (exact) mass is 310 g/mol. The lowest BCUT2D eigenvalue weighted by Gasteiger charge is -2.38. The van der Waals surface area contributed by atoms with Crippen molar-refractivity contribution in [2.75, 3.05) is 0 Å². The Morgan fingerprint density at radius 2 is 1.26 bits per heavy atom. The summed E-state index contributed by atoms with van der Waals surface area (Å²) in [7, 11) is 0. The molecule has 120 valence electrons. The predicted octanol–water partition coefficient (Wildman–Crippen LogP) is 4.14. The molecular weight excluding hydrogens is 288 g/mol. The van der Waals surface area contributed by atoms with E-state index in [-0.39, 0.29) is 16.9 Å². The van der Waals surface area contributed by atoms with E-state index in [1.165, 1.54) is 0 Å². The summed E-state index contributed by atoms with van der Waals surface area (Å²) in [4.78, 5) is 11.8. The van der Waals surface area contributed by atoms with Crippen LogP contribution < -0.4 is 0 Å². The molecule has 1 fully saturated rings. The molecule has 0 bridgehead atoms. The maximum Gasteiger partial charge on any atom is 0.133 e. The molecule has 0 unspecified atom stereocenters. The van der Waals surface area contributed by atoms with E-state index in [0.29, 0.717) is 18.6 Å². The second-order valence-electron chi connectivity index (χ2n) is 6.62. The predicted molar refractivity (Wildman–Crippen MR) is 89.9 cm³/mol. The fourth-order valence-electron chi connectivity index (χ4n) is 3.61. The summed E-state index contributed by atoms with van der Waals surface area (Å²) in [5, 5.41) is 19.7. The lowest BCUT2D eigenvalue weighted by atomic mass is 9.64. The number of hydrogen-bond acceptors (Lipinski definition) is 3. The molecule has 0 saturated heterocycles. The third-order valence-corrected chi connectivity index (χ3v) is 5.16. The van der Waals surface area contributed by atoms with Gasteiger partial charge in [0.25, 0.3) is 0 Å². The minimum absolute atomic E-state index is 0.231. The molecule has 2 aromatic carbocycles. The summed E-state index contributed by atoms with van der Waals surface area (Å²) in [6, 6.07) is 11.4. The fraction of sp³-hybridized carbons (Fsp3) is 0.350. The van der Waals surface area contributed by atoms with Crippen LogP contribution in [-0.4, -0.2) is 16.0 Å². The van der Waals surface area contributed by atoms with Crippen molar-refractivity contribution in [1.29, 1.82) is 0 Å². The van der Waals surface area contributed by atoms with Crippen LogP contribution in [0, 0.1) is 13.8 Å². The molecule has 0 heterocycles. The quantitative estimate of drug-likeness (QED) is 0.876. The smallest absolute Gasteiger partial charge is 0.133 e. The molecule has 23 heavy (non-hydrogen) atoms. The van der Waals surface area contributed by atoms with Gasteiger partial charge in [-0.15, -0.1) is 0 Å². The van der Waals surface area contributed by atoms with Crippen molar-refractivity contribution in [3.05, 3.63) is 58.7 Å². The highest BCUT2D eigenvalue weighted by atomic mass is 16.3. The van der Waals surface area contributed by atoms with Crippen LogP contribution >= 0.6 is 0 Å². The van der Waals surface area contributed by atoms with Crippen LogP contribution in [0.25, 0.3) is 0 Å². The van der Waals surface area contributed by atoms with E-state index in [0.717, 1.165) is 35.1 Å². The molecule has 0 spiro atoms.